The van der Waals surface area contributed by atoms with E-state index in [1.807, 2.05) is 0 Å². The minimum Gasteiger partial charge on any atom is -0.311 e. The van der Waals surface area contributed by atoms with Gasteiger partial charge in [-0.3, -0.25) is 9.80 Å². The Morgan fingerprint density at radius 2 is 2.00 bits per heavy atom. The number of piperazine rings is 1. The molecule has 1 atom stereocenters. The van der Waals surface area contributed by atoms with Crippen molar-refractivity contribution < 1.29 is 0 Å². The number of rotatable bonds is 1. The fourth-order valence-electron chi connectivity index (χ4n) is 3.34. The Morgan fingerprint density at radius 3 is 2.79 bits per heavy atom. The minimum atomic E-state index is 0.268. The van der Waals surface area contributed by atoms with Gasteiger partial charge >= 0.3 is 0 Å². The lowest BCUT2D eigenvalue weighted by atomic mass is 9.92. The van der Waals surface area contributed by atoms with Crippen LogP contribution in [0.4, 0.5) is 0 Å². The van der Waals surface area contributed by atoms with Crippen molar-refractivity contribution in [1.82, 2.24) is 15.1 Å². The number of fused-ring (bicyclic) bond motifs is 1. The van der Waals surface area contributed by atoms with Crippen LogP contribution in [0.3, 0.4) is 0 Å². The highest BCUT2D eigenvalue weighted by Gasteiger charge is 2.35. The molecule has 3 rings (SSSR count). The van der Waals surface area contributed by atoms with E-state index in [0.717, 1.165) is 26.2 Å². The van der Waals surface area contributed by atoms with Crippen LogP contribution in [-0.4, -0.2) is 48.6 Å². The van der Waals surface area contributed by atoms with Crippen molar-refractivity contribution >= 4 is 0 Å². The molecular weight excluding hydrogens is 234 g/mol. The van der Waals surface area contributed by atoms with Crippen molar-refractivity contribution in [3.63, 3.8) is 0 Å². The molecule has 1 saturated heterocycles. The molecule has 0 saturated carbocycles. The normalized spacial score (nSPS) is 28.1. The van der Waals surface area contributed by atoms with Crippen LogP contribution in [0.5, 0.6) is 0 Å². The van der Waals surface area contributed by atoms with E-state index in [1.165, 1.54) is 17.7 Å². The van der Waals surface area contributed by atoms with E-state index in [9.17, 15) is 0 Å². The van der Waals surface area contributed by atoms with Gasteiger partial charge in [0.05, 0.1) is 0 Å². The molecule has 0 aliphatic carbocycles. The summed E-state index contributed by atoms with van der Waals surface area (Å²) in [5.41, 5.74) is 3.27. The van der Waals surface area contributed by atoms with Crippen molar-refractivity contribution in [2.45, 2.75) is 32.0 Å². The molecule has 0 aromatic heterocycles. The van der Waals surface area contributed by atoms with Gasteiger partial charge in [-0.05, 0) is 32.0 Å². The topological polar surface area (TPSA) is 18.5 Å². The van der Waals surface area contributed by atoms with Gasteiger partial charge in [0.25, 0.3) is 0 Å². The van der Waals surface area contributed by atoms with Crippen LogP contribution in [0.2, 0.25) is 0 Å². The Hall–Kier alpha value is -0.900. The molecule has 2 heterocycles. The summed E-state index contributed by atoms with van der Waals surface area (Å²) in [4.78, 5) is 5.14. The summed E-state index contributed by atoms with van der Waals surface area (Å²) in [7, 11) is 2.24. The SMILES string of the molecule is CN1CCN(C2CNCc3ccccc32)CC1(C)C. The third-order valence-electron chi connectivity index (χ3n) is 4.85. The fraction of sp³-hybridized carbons (Fsp3) is 0.625. The van der Waals surface area contributed by atoms with E-state index in [-0.39, 0.29) is 5.54 Å². The summed E-state index contributed by atoms with van der Waals surface area (Å²) in [6, 6.07) is 9.44. The number of likely N-dealkylation sites (N-methyl/N-ethyl adjacent to an activating group) is 1. The summed E-state index contributed by atoms with van der Waals surface area (Å²) in [5, 5.41) is 3.57. The van der Waals surface area contributed by atoms with Crippen LogP contribution in [-0.2, 0) is 6.54 Å². The maximum absolute atomic E-state index is 3.57. The van der Waals surface area contributed by atoms with E-state index in [4.69, 9.17) is 0 Å². The van der Waals surface area contributed by atoms with E-state index in [1.54, 1.807) is 0 Å². The van der Waals surface area contributed by atoms with Gasteiger partial charge in [0, 0.05) is 44.3 Å². The van der Waals surface area contributed by atoms with Gasteiger partial charge in [0.15, 0.2) is 0 Å². The molecular formula is C16H25N3. The molecule has 19 heavy (non-hydrogen) atoms. The predicted octanol–water partition coefficient (Wildman–Crippen LogP) is 1.86. The summed E-state index contributed by atoms with van der Waals surface area (Å²) < 4.78 is 0. The van der Waals surface area contributed by atoms with Gasteiger partial charge < -0.3 is 5.32 Å². The van der Waals surface area contributed by atoms with Crippen LogP contribution in [0, 0.1) is 0 Å². The molecule has 3 heteroatoms. The number of hydrogen-bond acceptors (Lipinski definition) is 3. The first-order valence-electron chi connectivity index (χ1n) is 7.32. The summed E-state index contributed by atoms with van der Waals surface area (Å²) in [5.74, 6) is 0. The Labute approximate surface area is 116 Å². The average Bonchev–Trinajstić information content (AvgIpc) is 2.41. The number of nitrogens with one attached hydrogen (secondary N) is 1. The second-order valence-electron chi connectivity index (χ2n) is 6.55. The minimum absolute atomic E-state index is 0.268. The molecule has 0 bridgehead atoms. The van der Waals surface area contributed by atoms with Crippen LogP contribution in [0.25, 0.3) is 0 Å². The van der Waals surface area contributed by atoms with Crippen molar-refractivity contribution in [2.24, 2.45) is 0 Å². The van der Waals surface area contributed by atoms with Gasteiger partial charge in [0.2, 0.25) is 0 Å². The van der Waals surface area contributed by atoms with Crippen LogP contribution in [0.15, 0.2) is 24.3 Å². The van der Waals surface area contributed by atoms with E-state index >= 15 is 0 Å². The maximum atomic E-state index is 3.57. The molecule has 1 aromatic carbocycles. The maximum Gasteiger partial charge on any atom is 0.0477 e. The van der Waals surface area contributed by atoms with Crippen molar-refractivity contribution in [3.8, 4) is 0 Å². The molecule has 2 aliphatic heterocycles. The predicted molar refractivity (Wildman–Crippen MR) is 79.2 cm³/mol. The van der Waals surface area contributed by atoms with Crippen LogP contribution in [0.1, 0.15) is 31.0 Å². The lowest BCUT2D eigenvalue weighted by molar-refractivity contribution is 0.0144. The molecule has 0 radical (unpaired) electrons. The monoisotopic (exact) mass is 259 g/mol. The Bertz CT molecular complexity index is 455. The Kier molecular flexibility index (Phi) is 3.37. The highest BCUT2D eigenvalue weighted by atomic mass is 15.3. The van der Waals surface area contributed by atoms with Gasteiger partial charge in [-0.25, -0.2) is 0 Å². The molecule has 1 aromatic rings. The van der Waals surface area contributed by atoms with Crippen molar-refractivity contribution in [1.29, 1.82) is 0 Å². The summed E-state index contributed by atoms with van der Waals surface area (Å²) >= 11 is 0. The van der Waals surface area contributed by atoms with Gasteiger partial charge in [0.1, 0.15) is 0 Å². The third kappa shape index (κ3) is 2.42. The molecule has 104 valence electrons. The van der Waals surface area contributed by atoms with Crippen molar-refractivity contribution in [2.75, 3.05) is 33.2 Å². The summed E-state index contributed by atoms with van der Waals surface area (Å²) in [6.45, 7) is 10.3. The summed E-state index contributed by atoms with van der Waals surface area (Å²) in [6.07, 6.45) is 0. The largest absolute Gasteiger partial charge is 0.311 e. The zero-order valence-electron chi connectivity index (χ0n) is 12.3. The lowest BCUT2D eigenvalue weighted by Crippen LogP contribution is -2.59. The van der Waals surface area contributed by atoms with Crippen molar-refractivity contribution in [3.05, 3.63) is 35.4 Å². The first kappa shape index (κ1) is 13.1. The molecule has 0 spiro atoms. The zero-order valence-corrected chi connectivity index (χ0v) is 12.3. The quantitative estimate of drug-likeness (QED) is 0.830. The smallest absolute Gasteiger partial charge is 0.0477 e. The second kappa shape index (κ2) is 4.89. The average molecular weight is 259 g/mol. The molecule has 1 unspecified atom stereocenters. The first-order chi connectivity index (χ1) is 9.08. The highest BCUT2D eigenvalue weighted by Crippen LogP contribution is 2.31. The second-order valence-corrected chi connectivity index (χ2v) is 6.55. The first-order valence-corrected chi connectivity index (χ1v) is 7.32. The Balaban J connectivity index is 1.84. The number of hydrogen-bond donors (Lipinski definition) is 1. The molecule has 1 N–H and O–H groups in total. The van der Waals surface area contributed by atoms with Gasteiger partial charge in [-0.2, -0.15) is 0 Å². The lowest BCUT2D eigenvalue weighted by Gasteiger charge is -2.49. The number of benzene rings is 1. The standard InChI is InChI=1S/C16H25N3/c1-16(2)12-19(9-8-18(16)3)15-11-17-10-13-6-4-5-7-14(13)15/h4-7,15,17H,8-12H2,1-3H3. The highest BCUT2D eigenvalue weighted by molar-refractivity contribution is 5.32. The van der Waals surface area contributed by atoms with Gasteiger partial charge in [-0.15, -0.1) is 0 Å². The molecule has 1 fully saturated rings. The van der Waals surface area contributed by atoms with Crippen LogP contribution >= 0.6 is 0 Å². The number of nitrogens with zero attached hydrogens (tertiary/aromatic N) is 2. The molecule has 0 amide bonds. The van der Waals surface area contributed by atoms with Crippen LogP contribution < -0.4 is 5.32 Å². The molecule has 2 aliphatic rings. The fourth-order valence-corrected chi connectivity index (χ4v) is 3.34. The van der Waals surface area contributed by atoms with E-state index in [2.05, 4.69) is 60.3 Å². The van der Waals surface area contributed by atoms with E-state index < -0.39 is 0 Å². The third-order valence-corrected chi connectivity index (χ3v) is 4.85. The molecule has 3 nitrogen and oxygen atoms in total. The van der Waals surface area contributed by atoms with Gasteiger partial charge in [-0.1, -0.05) is 24.3 Å². The van der Waals surface area contributed by atoms with E-state index in [0.29, 0.717) is 6.04 Å². The zero-order chi connectivity index (χ0) is 13.5. The Morgan fingerprint density at radius 1 is 1.21 bits per heavy atom.